The standard InChI is InChI=1S/C26H26ClFN4O4/c1-29-15-26(36)13-19(24(34)30-17-7-5-16(27)6-8-17)20(14-26)25(35)31-22-10-9-18(12-21(22)28)32-11-3-2-4-23(32)33/h2-12,19-20,29,36H,13-15H2,1H3,(H,30,34)(H,31,35). The first-order chi connectivity index (χ1) is 17.2. The lowest BCUT2D eigenvalue weighted by atomic mass is 9.94. The molecule has 1 heterocycles. The van der Waals surface area contributed by atoms with Crippen molar-refractivity contribution in [1.29, 1.82) is 0 Å². The summed E-state index contributed by atoms with van der Waals surface area (Å²) in [6.07, 6.45) is 1.60. The molecule has 0 saturated heterocycles. The summed E-state index contributed by atoms with van der Waals surface area (Å²) in [5.41, 5.74) is -0.882. The van der Waals surface area contributed by atoms with Gasteiger partial charge in [0.05, 0.1) is 28.8 Å². The fourth-order valence-electron chi connectivity index (χ4n) is 4.60. The molecule has 4 rings (SSSR count). The first kappa shape index (κ1) is 25.6. The highest BCUT2D eigenvalue weighted by Crippen LogP contribution is 2.41. The fraction of sp³-hybridized carbons (Fsp3) is 0.269. The summed E-state index contributed by atoms with van der Waals surface area (Å²) in [5, 5.41) is 19.7. The number of anilines is 2. The Morgan fingerprint density at radius 2 is 1.72 bits per heavy atom. The Bertz CT molecular complexity index is 1330. The van der Waals surface area contributed by atoms with E-state index in [-0.39, 0.29) is 30.6 Å². The van der Waals surface area contributed by atoms with Gasteiger partial charge in [0, 0.05) is 35.6 Å². The first-order valence-corrected chi connectivity index (χ1v) is 11.8. The van der Waals surface area contributed by atoms with E-state index in [0.717, 1.165) is 6.07 Å². The molecule has 36 heavy (non-hydrogen) atoms. The summed E-state index contributed by atoms with van der Waals surface area (Å²) in [6.45, 7) is 0.191. The van der Waals surface area contributed by atoms with Gasteiger partial charge in [0.2, 0.25) is 11.8 Å². The lowest BCUT2D eigenvalue weighted by molar-refractivity contribution is -0.128. The number of benzene rings is 2. The second kappa shape index (κ2) is 10.6. The second-order valence-corrected chi connectivity index (χ2v) is 9.37. The van der Waals surface area contributed by atoms with Crippen LogP contribution in [0.25, 0.3) is 5.69 Å². The number of halogens is 2. The maximum absolute atomic E-state index is 14.9. The summed E-state index contributed by atoms with van der Waals surface area (Å²) in [4.78, 5) is 38.3. The molecule has 0 bridgehead atoms. The lowest BCUT2D eigenvalue weighted by Crippen LogP contribution is -2.37. The Morgan fingerprint density at radius 3 is 2.33 bits per heavy atom. The Morgan fingerprint density at radius 1 is 1.06 bits per heavy atom. The Kier molecular flexibility index (Phi) is 7.53. The zero-order valence-corrected chi connectivity index (χ0v) is 20.3. The number of rotatable bonds is 7. The minimum Gasteiger partial charge on any atom is -0.389 e. The highest BCUT2D eigenvalue weighted by atomic mass is 35.5. The number of pyridine rings is 1. The lowest BCUT2D eigenvalue weighted by Gasteiger charge is -2.22. The molecule has 0 spiro atoms. The molecule has 3 aromatic rings. The molecule has 3 unspecified atom stereocenters. The normalized spacial score (nSPS) is 21.2. The number of nitrogens with zero attached hydrogens (tertiary/aromatic N) is 1. The van der Waals surface area contributed by atoms with Crippen molar-refractivity contribution in [3.05, 3.63) is 88.1 Å². The van der Waals surface area contributed by atoms with Gasteiger partial charge in [-0.05, 0) is 62.4 Å². The van der Waals surface area contributed by atoms with Crippen LogP contribution in [0, 0.1) is 17.7 Å². The molecule has 10 heteroatoms. The molecule has 1 fully saturated rings. The van der Waals surface area contributed by atoms with Gasteiger partial charge in [0.25, 0.3) is 5.56 Å². The van der Waals surface area contributed by atoms with Crippen molar-refractivity contribution in [2.24, 2.45) is 11.8 Å². The number of amides is 2. The van der Waals surface area contributed by atoms with Gasteiger partial charge in [0.1, 0.15) is 5.82 Å². The average Bonchev–Trinajstić information content (AvgIpc) is 3.20. The molecule has 0 radical (unpaired) electrons. The van der Waals surface area contributed by atoms with Gasteiger partial charge in [-0.25, -0.2) is 4.39 Å². The van der Waals surface area contributed by atoms with Crippen LogP contribution < -0.4 is 21.5 Å². The molecule has 2 aromatic carbocycles. The minimum absolute atomic E-state index is 0.0253. The van der Waals surface area contributed by atoms with Crippen molar-refractivity contribution < 1.29 is 19.1 Å². The van der Waals surface area contributed by atoms with Crippen LogP contribution in [0.5, 0.6) is 0 Å². The predicted octanol–water partition coefficient (Wildman–Crippen LogP) is 3.18. The van der Waals surface area contributed by atoms with Crippen LogP contribution in [-0.4, -0.2) is 40.7 Å². The van der Waals surface area contributed by atoms with E-state index < -0.39 is 35.1 Å². The fourth-order valence-corrected chi connectivity index (χ4v) is 4.73. The molecule has 8 nitrogen and oxygen atoms in total. The van der Waals surface area contributed by atoms with Crippen molar-refractivity contribution in [3.63, 3.8) is 0 Å². The van der Waals surface area contributed by atoms with Crippen LogP contribution in [0.2, 0.25) is 5.02 Å². The van der Waals surface area contributed by atoms with E-state index in [1.165, 1.54) is 29.0 Å². The van der Waals surface area contributed by atoms with Crippen LogP contribution in [0.3, 0.4) is 0 Å². The van der Waals surface area contributed by atoms with Gasteiger partial charge in [-0.2, -0.15) is 0 Å². The summed E-state index contributed by atoms with van der Waals surface area (Å²) >= 11 is 5.90. The third kappa shape index (κ3) is 5.64. The van der Waals surface area contributed by atoms with Crippen LogP contribution in [0.15, 0.2) is 71.7 Å². The summed E-state index contributed by atoms with van der Waals surface area (Å²) in [7, 11) is 1.67. The molecule has 2 amide bonds. The highest BCUT2D eigenvalue weighted by molar-refractivity contribution is 6.30. The zero-order valence-electron chi connectivity index (χ0n) is 19.5. The molecular formula is C26H26ClFN4O4. The van der Waals surface area contributed by atoms with Crippen molar-refractivity contribution in [2.45, 2.75) is 18.4 Å². The molecule has 1 aliphatic rings. The quantitative estimate of drug-likeness (QED) is 0.388. The Labute approximate surface area is 212 Å². The number of aromatic nitrogens is 1. The van der Waals surface area contributed by atoms with E-state index in [1.807, 2.05) is 0 Å². The van der Waals surface area contributed by atoms with Gasteiger partial charge in [-0.3, -0.25) is 19.0 Å². The van der Waals surface area contributed by atoms with Gasteiger partial charge < -0.3 is 21.1 Å². The zero-order chi connectivity index (χ0) is 25.9. The predicted molar refractivity (Wildman–Crippen MR) is 136 cm³/mol. The molecule has 3 atom stereocenters. The van der Waals surface area contributed by atoms with E-state index in [9.17, 15) is 23.9 Å². The SMILES string of the molecule is CNCC1(O)CC(C(=O)Nc2ccc(Cl)cc2)C(C(=O)Nc2ccc(-n3ccccc3=O)cc2F)C1. The average molecular weight is 513 g/mol. The Balaban J connectivity index is 1.54. The molecule has 0 aliphatic heterocycles. The van der Waals surface area contributed by atoms with Crippen LogP contribution in [-0.2, 0) is 9.59 Å². The third-order valence-corrected chi connectivity index (χ3v) is 6.54. The molecular weight excluding hydrogens is 487 g/mol. The van der Waals surface area contributed by atoms with E-state index in [0.29, 0.717) is 16.4 Å². The molecule has 1 saturated carbocycles. The van der Waals surface area contributed by atoms with Crippen molar-refractivity contribution >= 4 is 34.8 Å². The number of nitrogens with one attached hydrogen (secondary N) is 3. The number of aliphatic hydroxyl groups is 1. The van der Waals surface area contributed by atoms with E-state index in [4.69, 9.17) is 11.6 Å². The van der Waals surface area contributed by atoms with Crippen molar-refractivity contribution in [3.8, 4) is 5.69 Å². The summed E-state index contributed by atoms with van der Waals surface area (Å²) < 4.78 is 16.2. The summed E-state index contributed by atoms with van der Waals surface area (Å²) in [6, 6.07) is 15.1. The number of hydrogen-bond donors (Lipinski definition) is 4. The highest BCUT2D eigenvalue weighted by Gasteiger charge is 2.50. The Hall–Kier alpha value is -3.53. The van der Waals surface area contributed by atoms with Gasteiger partial charge in [-0.15, -0.1) is 0 Å². The van der Waals surface area contributed by atoms with E-state index in [2.05, 4.69) is 16.0 Å². The number of likely N-dealkylation sites (N-methyl/N-ethyl adjacent to an activating group) is 1. The van der Waals surface area contributed by atoms with Gasteiger partial charge in [0.15, 0.2) is 0 Å². The molecule has 1 aliphatic carbocycles. The second-order valence-electron chi connectivity index (χ2n) is 8.93. The largest absolute Gasteiger partial charge is 0.389 e. The van der Waals surface area contributed by atoms with Gasteiger partial charge >= 0.3 is 0 Å². The maximum Gasteiger partial charge on any atom is 0.255 e. The van der Waals surface area contributed by atoms with Crippen LogP contribution >= 0.6 is 11.6 Å². The van der Waals surface area contributed by atoms with Crippen molar-refractivity contribution in [1.82, 2.24) is 9.88 Å². The number of carbonyl (C=O) groups is 2. The van der Waals surface area contributed by atoms with E-state index >= 15 is 0 Å². The van der Waals surface area contributed by atoms with Crippen LogP contribution in [0.4, 0.5) is 15.8 Å². The molecule has 188 valence electrons. The maximum atomic E-state index is 14.9. The number of carbonyl (C=O) groups excluding carboxylic acids is 2. The molecule has 1 aromatic heterocycles. The third-order valence-electron chi connectivity index (χ3n) is 6.29. The minimum atomic E-state index is -1.28. The number of hydrogen-bond acceptors (Lipinski definition) is 5. The first-order valence-electron chi connectivity index (χ1n) is 11.4. The van der Waals surface area contributed by atoms with Crippen LogP contribution in [0.1, 0.15) is 12.8 Å². The van der Waals surface area contributed by atoms with Crippen molar-refractivity contribution in [2.75, 3.05) is 24.2 Å². The smallest absolute Gasteiger partial charge is 0.255 e. The van der Waals surface area contributed by atoms with E-state index in [1.54, 1.807) is 43.4 Å². The molecule has 4 N–H and O–H groups in total. The topological polar surface area (TPSA) is 112 Å². The van der Waals surface area contributed by atoms with Gasteiger partial charge in [-0.1, -0.05) is 17.7 Å². The summed E-state index contributed by atoms with van der Waals surface area (Å²) in [5.74, 6) is -3.48. The monoisotopic (exact) mass is 512 g/mol.